The summed E-state index contributed by atoms with van der Waals surface area (Å²) in [5, 5.41) is 1.32. The number of aromatic nitrogens is 1. The van der Waals surface area contributed by atoms with Crippen molar-refractivity contribution in [2.45, 2.75) is 97.3 Å². The van der Waals surface area contributed by atoms with E-state index in [2.05, 4.69) is 48.7 Å². The summed E-state index contributed by atoms with van der Waals surface area (Å²) >= 11 is 1.88. The number of anilines is 1. The average molecular weight is 511 g/mol. The summed E-state index contributed by atoms with van der Waals surface area (Å²) in [4.78, 5) is 27.1. The van der Waals surface area contributed by atoms with E-state index in [1.807, 2.05) is 23.2 Å². The van der Waals surface area contributed by atoms with Gasteiger partial charge in [-0.25, -0.2) is 4.98 Å². The zero-order valence-corrected chi connectivity index (χ0v) is 23.8. The lowest BCUT2D eigenvalue weighted by molar-refractivity contribution is 0.0645. The fourth-order valence-corrected chi connectivity index (χ4v) is 8.09. The highest BCUT2D eigenvalue weighted by atomic mass is 32.1. The van der Waals surface area contributed by atoms with Crippen molar-refractivity contribution >= 4 is 22.2 Å². The van der Waals surface area contributed by atoms with Crippen molar-refractivity contribution in [3.63, 3.8) is 0 Å². The number of ether oxygens (including phenoxy) is 1. The SMILES string of the molecule is CCN(c1sc2c(c1C)C(=O)N(Cc1c(C)cc(C)nc1OC)CC2)C1(N(C)C2CC2)CCCCC1. The van der Waals surface area contributed by atoms with Crippen LogP contribution < -0.4 is 9.64 Å². The first-order chi connectivity index (χ1) is 17.3. The van der Waals surface area contributed by atoms with Gasteiger partial charge in [0.2, 0.25) is 5.88 Å². The van der Waals surface area contributed by atoms with E-state index < -0.39 is 0 Å². The molecule has 0 N–H and O–H groups in total. The van der Waals surface area contributed by atoms with Gasteiger partial charge in [0.25, 0.3) is 5.91 Å². The number of fused-ring (bicyclic) bond motifs is 1. The number of methoxy groups -OCH3 is 1. The summed E-state index contributed by atoms with van der Waals surface area (Å²) in [6, 6.07) is 2.79. The number of carbonyl (C=O) groups excluding carboxylic acids is 1. The Bertz CT molecular complexity index is 1130. The van der Waals surface area contributed by atoms with Crippen molar-refractivity contribution < 1.29 is 9.53 Å². The van der Waals surface area contributed by atoms with E-state index in [4.69, 9.17) is 4.74 Å². The average Bonchev–Trinajstić information content (AvgIpc) is 3.66. The van der Waals surface area contributed by atoms with E-state index >= 15 is 0 Å². The topological polar surface area (TPSA) is 48.9 Å². The normalized spacial score (nSPS) is 19.5. The molecule has 1 aliphatic heterocycles. The molecule has 2 fully saturated rings. The number of hydrogen-bond donors (Lipinski definition) is 0. The maximum absolute atomic E-state index is 13.9. The fraction of sp³-hybridized carbons (Fsp3) is 0.655. The third-order valence-electron chi connectivity index (χ3n) is 8.75. The Balaban J connectivity index is 1.47. The molecule has 2 aromatic rings. The van der Waals surface area contributed by atoms with Gasteiger partial charge in [0, 0.05) is 41.7 Å². The molecule has 196 valence electrons. The number of rotatable bonds is 8. The number of thiophene rings is 1. The van der Waals surface area contributed by atoms with E-state index in [0.29, 0.717) is 18.5 Å². The van der Waals surface area contributed by atoms with Gasteiger partial charge in [-0.2, -0.15) is 0 Å². The molecule has 3 aliphatic rings. The first-order valence-corrected chi connectivity index (χ1v) is 14.6. The fourth-order valence-electron chi connectivity index (χ4n) is 6.66. The van der Waals surface area contributed by atoms with Gasteiger partial charge in [-0.15, -0.1) is 11.3 Å². The zero-order chi connectivity index (χ0) is 25.6. The van der Waals surface area contributed by atoms with Crippen LogP contribution in [0.4, 0.5) is 5.00 Å². The van der Waals surface area contributed by atoms with Crippen molar-refractivity contribution in [1.29, 1.82) is 0 Å². The van der Waals surface area contributed by atoms with E-state index in [1.54, 1.807) is 7.11 Å². The van der Waals surface area contributed by atoms with Gasteiger partial charge in [-0.3, -0.25) is 9.69 Å². The lowest BCUT2D eigenvalue weighted by atomic mass is 9.85. The van der Waals surface area contributed by atoms with Crippen LogP contribution in [0.5, 0.6) is 5.88 Å². The van der Waals surface area contributed by atoms with Crippen LogP contribution in [0, 0.1) is 20.8 Å². The molecule has 2 saturated carbocycles. The Morgan fingerprint density at radius 1 is 1.19 bits per heavy atom. The molecule has 0 aromatic carbocycles. The van der Waals surface area contributed by atoms with Crippen LogP contribution in [0.2, 0.25) is 0 Å². The van der Waals surface area contributed by atoms with Gasteiger partial charge in [-0.1, -0.05) is 6.42 Å². The maximum atomic E-state index is 13.9. The molecule has 5 rings (SSSR count). The molecule has 0 radical (unpaired) electrons. The zero-order valence-electron chi connectivity index (χ0n) is 22.9. The summed E-state index contributed by atoms with van der Waals surface area (Å²) in [5.41, 5.74) is 5.26. The second-order valence-electron chi connectivity index (χ2n) is 11.0. The van der Waals surface area contributed by atoms with Crippen LogP contribution in [0.3, 0.4) is 0 Å². The number of amides is 1. The monoisotopic (exact) mass is 510 g/mol. The van der Waals surface area contributed by atoms with Crippen LogP contribution in [-0.2, 0) is 13.0 Å². The van der Waals surface area contributed by atoms with E-state index in [-0.39, 0.29) is 11.6 Å². The first-order valence-electron chi connectivity index (χ1n) is 13.7. The van der Waals surface area contributed by atoms with Crippen LogP contribution in [0.25, 0.3) is 0 Å². The van der Waals surface area contributed by atoms with Gasteiger partial charge in [0.05, 0.1) is 29.9 Å². The van der Waals surface area contributed by atoms with Crippen LogP contribution in [-0.4, -0.2) is 59.6 Å². The molecule has 2 aliphatic carbocycles. The van der Waals surface area contributed by atoms with Crippen molar-refractivity contribution in [2.24, 2.45) is 0 Å². The summed E-state index contributed by atoms with van der Waals surface area (Å²) in [6.07, 6.45) is 9.90. The molecular formula is C29H42N4O2S. The van der Waals surface area contributed by atoms with Crippen molar-refractivity contribution in [3.05, 3.63) is 38.9 Å². The Hall–Kier alpha value is -2.12. The Morgan fingerprint density at radius 2 is 1.92 bits per heavy atom. The molecule has 0 spiro atoms. The van der Waals surface area contributed by atoms with Crippen molar-refractivity contribution in [1.82, 2.24) is 14.8 Å². The van der Waals surface area contributed by atoms with Crippen molar-refractivity contribution in [2.75, 3.05) is 32.1 Å². The number of hydrogen-bond acceptors (Lipinski definition) is 6. The van der Waals surface area contributed by atoms with Crippen LogP contribution in [0.15, 0.2) is 6.07 Å². The van der Waals surface area contributed by atoms with E-state index in [1.165, 1.54) is 60.4 Å². The predicted molar refractivity (Wildman–Crippen MR) is 147 cm³/mol. The quantitative estimate of drug-likeness (QED) is 0.417. The van der Waals surface area contributed by atoms with Gasteiger partial charge in [-0.05, 0) is 90.5 Å². The van der Waals surface area contributed by atoms with Gasteiger partial charge >= 0.3 is 0 Å². The minimum atomic E-state index is 0.0765. The van der Waals surface area contributed by atoms with Crippen LogP contribution in [0.1, 0.15) is 89.5 Å². The lowest BCUT2D eigenvalue weighted by Crippen LogP contribution is -2.61. The second-order valence-corrected chi connectivity index (χ2v) is 12.1. The third kappa shape index (κ3) is 4.32. The molecule has 0 bridgehead atoms. The molecular weight excluding hydrogens is 468 g/mol. The van der Waals surface area contributed by atoms with Crippen LogP contribution >= 0.6 is 11.3 Å². The highest BCUT2D eigenvalue weighted by Gasteiger charge is 2.47. The number of pyridine rings is 1. The molecule has 7 heteroatoms. The summed E-state index contributed by atoms with van der Waals surface area (Å²) in [7, 11) is 4.02. The largest absolute Gasteiger partial charge is 0.481 e. The predicted octanol–water partition coefficient (Wildman–Crippen LogP) is 5.86. The molecule has 0 atom stereocenters. The molecule has 2 aromatic heterocycles. The van der Waals surface area contributed by atoms with Gasteiger partial charge in [0.1, 0.15) is 0 Å². The summed E-state index contributed by atoms with van der Waals surface area (Å²) < 4.78 is 5.59. The number of aryl methyl sites for hydroxylation is 2. The second kappa shape index (κ2) is 9.97. The molecule has 3 heterocycles. The Morgan fingerprint density at radius 3 is 2.56 bits per heavy atom. The van der Waals surface area contributed by atoms with Gasteiger partial charge in [0.15, 0.2) is 0 Å². The van der Waals surface area contributed by atoms with Crippen molar-refractivity contribution in [3.8, 4) is 5.88 Å². The molecule has 1 amide bonds. The Labute approximate surface area is 220 Å². The minimum absolute atomic E-state index is 0.0765. The summed E-state index contributed by atoms with van der Waals surface area (Å²) in [6.45, 7) is 10.8. The third-order valence-corrected chi connectivity index (χ3v) is 10.1. The molecule has 6 nitrogen and oxygen atoms in total. The minimum Gasteiger partial charge on any atom is -0.481 e. The van der Waals surface area contributed by atoms with E-state index in [0.717, 1.165) is 41.9 Å². The summed E-state index contributed by atoms with van der Waals surface area (Å²) in [5.74, 6) is 0.788. The molecule has 0 saturated heterocycles. The lowest BCUT2D eigenvalue weighted by Gasteiger charge is -2.53. The van der Waals surface area contributed by atoms with E-state index in [9.17, 15) is 4.79 Å². The molecule has 36 heavy (non-hydrogen) atoms. The number of carbonyl (C=O) groups is 1. The highest BCUT2D eigenvalue weighted by molar-refractivity contribution is 7.16. The van der Waals surface area contributed by atoms with Gasteiger partial charge < -0.3 is 14.5 Å². The Kier molecular flexibility index (Phi) is 7.07. The number of nitrogens with zero attached hydrogens (tertiary/aromatic N) is 4. The standard InChI is InChI=1S/C29H42N4O2S/c1-7-33(29(14-9-8-10-15-29)31(5)22-11-12-22)28-21(4)25-24(36-28)13-16-32(27(25)34)18-23-19(2)17-20(3)30-26(23)35-6/h17,22H,7-16,18H2,1-6H3. The maximum Gasteiger partial charge on any atom is 0.255 e. The molecule has 0 unspecified atom stereocenters. The smallest absolute Gasteiger partial charge is 0.255 e. The highest BCUT2D eigenvalue weighted by Crippen LogP contribution is 2.48. The first kappa shape index (κ1) is 25.5.